The van der Waals surface area contributed by atoms with Gasteiger partial charge >= 0.3 is 7.60 Å². The van der Waals surface area contributed by atoms with Crippen LogP contribution in [0.15, 0.2) is 18.0 Å². The van der Waals surface area contributed by atoms with E-state index in [0.717, 1.165) is 5.57 Å². The summed E-state index contributed by atoms with van der Waals surface area (Å²) < 4.78 is 17.5. The summed E-state index contributed by atoms with van der Waals surface area (Å²) in [5, 5.41) is 0.168. The minimum absolute atomic E-state index is 0.0408. The highest BCUT2D eigenvalue weighted by atomic mass is 35.5. The average molecular weight is 348 g/mol. The third-order valence-corrected chi connectivity index (χ3v) is 3.55. The fraction of sp³-hybridized carbons (Fsp3) is 0.364. The normalized spacial score (nSPS) is 13.0. The van der Waals surface area contributed by atoms with Crippen molar-refractivity contribution >= 4 is 36.3 Å². The van der Waals surface area contributed by atoms with Gasteiger partial charge in [0.15, 0.2) is 10.8 Å². The Labute approximate surface area is 130 Å². The van der Waals surface area contributed by atoms with Crippen LogP contribution in [0.4, 0.5) is 5.95 Å². The Morgan fingerprint density at radius 2 is 2.27 bits per heavy atom. The second kappa shape index (κ2) is 6.72. The van der Waals surface area contributed by atoms with Crippen LogP contribution in [0.2, 0.25) is 5.15 Å². The van der Waals surface area contributed by atoms with Gasteiger partial charge in [0.25, 0.3) is 0 Å². The summed E-state index contributed by atoms with van der Waals surface area (Å²) in [6, 6.07) is 0. The first kappa shape index (κ1) is 16.9. The van der Waals surface area contributed by atoms with Crippen LogP contribution in [0, 0.1) is 0 Å². The van der Waals surface area contributed by atoms with Crippen molar-refractivity contribution in [2.24, 2.45) is 0 Å². The molecular weight excluding hydrogens is 333 g/mol. The second-order valence-electron chi connectivity index (χ2n) is 4.51. The standard InChI is InChI=1S/C11H15ClN5O4P/c1-2-7(4-21-6-22(18,19)20)3-17-5-14-8-9(12)15-11(13)16-10(8)17/h2,5H,3-4,6H2,1H3,(H2,13,15,16)(H2,18,19,20). The van der Waals surface area contributed by atoms with E-state index < -0.39 is 13.9 Å². The number of nitrogen functional groups attached to an aromatic ring is 1. The summed E-state index contributed by atoms with van der Waals surface area (Å²) in [5.74, 6) is 0.0408. The lowest BCUT2D eigenvalue weighted by Crippen LogP contribution is -2.08. The number of imidazole rings is 1. The molecule has 2 heterocycles. The Hall–Kier alpha value is -1.51. The number of allylic oxidation sites excluding steroid dienone is 1. The molecule has 0 atom stereocenters. The first-order valence-electron chi connectivity index (χ1n) is 6.20. The zero-order valence-electron chi connectivity index (χ0n) is 11.7. The van der Waals surface area contributed by atoms with Gasteiger partial charge in [-0.25, -0.2) is 4.98 Å². The van der Waals surface area contributed by atoms with Crippen molar-refractivity contribution in [3.05, 3.63) is 23.1 Å². The second-order valence-corrected chi connectivity index (χ2v) is 6.45. The number of halogens is 1. The van der Waals surface area contributed by atoms with Crippen LogP contribution >= 0.6 is 19.2 Å². The molecule has 0 radical (unpaired) electrons. The molecule has 0 aromatic carbocycles. The summed E-state index contributed by atoms with van der Waals surface area (Å²) in [5.41, 5.74) is 7.27. The van der Waals surface area contributed by atoms with Crippen molar-refractivity contribution < 1.29 is 19.1 Å². The molecule has 2 aromatic heterocycles. The predicted molar refractivity (Wildman–Crippen MR) is 81.4 cm³/mol. The quantitative estimate of drug-likeness (QED) is 0.402. The first-order chi connectivity index (χ1) is 10.3. The predicted octanol–water partition coefficient (Wildman–Crippen LogP) is 1.16. The van der Waals surface area contributed by atoms with E-state index in [1.807, 2.05) is 0 Å². The van der Waals surface area contributed by atoms with Crippen molar-refractivity contribution in [1.82, 2.24) is 19.5 Å². The van der Waals surface area contributed by atoms with E-state index in [9.17, 15) is 4.57 Å². The highest BCUT2D eigenvalue weighted by Gasteiger charge is 2.14. The van der Waals surface area contributed by atoms with Crippen LogP contribution in [0.3, 0.4) is 0 Å². The molecule has 0 amide bonds. The number of anilines is 1. The molecule has 0 unspecified atom stereocenters. The maximum atomic E-state index is 10.8. The number of hydrogen-bond donors (Lipinski definition) is 3. The van der Waals surface area contributed by atoms with E-state index in [2.05, 4.69) is 15.0 Å². The molecule has 11 heteroatoms. The highest BCUT2D eigenvalue weighted by Crippen LogP contribution is 2.34. The number of aromatic nitrogens is 4. The lowest BCUT2D eigenvalue weighted by Gasteiger charge is -2.10. The molecule has 120 valence electrons. The van der Waals surface area contributed by atoms with Gasteiger partial charge in [0.2, 0.25) is 5.95 Å². The lowest BCUT2D eigenvalue weighted by atomic mass is 10.2. The minimum atomic E-state index is -4.18. The smallest absolute Gasteiger partial charge is 0.350 e. The van der Waals surface area contributed by atoms with Crippen LogP contribution in [0.5, 0.6) is 0 Å². The Balaban J connectivity index is 2.14. The van der Waals surface area contributed by atoms with Gasteiger partial charge in [-0.15, -0.1) is 0 Å². The van der Waals surface area contributed by atoms with E-state index in [1.54, 1.807) is 17.6 Å². The fourth-order valence-corrected chi connectivity index (χ4v) is 2.33. The van der Waals surface area contributed by atoms with Crippen molar-refractivity contribution in [2.75, 3.05) is 18.7 Å². The molecule has 0 aliphatic carbocycles. The van der Waals surface area contributed by atoms with Gasteiger partial charge in [-0.1, -0.05) is 17.7 Å². The highest BCUT2D eigenvalue weighted by molar-refractivity contribution is 7.51. The molecule has 0 aliphatic heterocycles. The number of nitrogens with two attached hydrogens (primary N) is 1. The summed E-state index contributed by atoms with van der Waals surface area (Å²) in [7, 11) is -4.18. The molecular formula is C11H15ClN5O4P. The van der Waals surface area contributed by atoms with Crippen LogP contribution in [0.1, 0.15) is 6.92 Å². The van der Waals surface area contributed by atoms with Crippen LogP contribution in [0.25, 0.3) is 11.2 Å². The fourth-order valence-electron chi connectivity index (χ4n) is 1.78. The largest absolute Gasteiger partial charge is 0.368 e. The number of hydrogen-bond acceptors (Lipinski definition) is 6. The maximum Gasteiger partial charge on any atom is 0.350 e. The van der Waals surface area contributed by atoms with Crippen molar-refractivity contribution in [2.45, 2.75) is 13.5 Å². The number of ether oxygens (including phenoxy) is 1. The Morgan fingerprint density at radius 3 is 2.91 bits per heavy atom. The molecule has 0 saturated heterocycles. The molecule has 0 fully saturated rings. The molecule has 0 saturated carbocycles. The summed E-state index contributed by atoms with van der Waals surface area (Å²) >= 11 is 5.95. The third kappa shape index (κ3) is 4.25. The lowest BCUT2D eigenvalue weighted by molar-refractivity contribution is 0.176. The summed E-state index contributed by atoms with van der Waals surface area (Å²) in [4.78, 5) is 29.6. The van der Waals surface area contributed by atoms with Gasteiger partial charge < -0.3 is 24.8 Å². The molecule has 9 nitrogen and oxygen atoms in total. The Kier molecular flexibility index (Phi) is 5.15. The average Bonchev–Trinajstić information content (AvgIpc) is 2.79. The van der Waals surface area contributed by atoms with Crippen molar-refractivity contribution in [3.8, 4) is 0 Å². The molecule has 2 aromatic rings. The number of nitrogens with zero attached hydrogens (tertiary/aromatic N) is 4. The molecule has 0 spiro atoms. The van der Waals surface area contributed by atoms with Gasteiger partial charge in [-0.05, 0) is 12.5 Å². The third-order valence-electron chi connectivity index (χ3n) is 2.77. The maximum absolute atomic E-state index is 10.8. The number of rotatable bonds is 6. The zero-order valence-corrected chi connectivity index (χ0v) is 13.3. The van der Waals surface area contributed by atoms with Crippen LogP contribution in [-0.4, -0.2) is 42.3 Å². The first-order valence-corrected chi connectivity index (χ1v) is 8.38. The van der Waals surface area contributed by atoms with Gasteiger partial charge in [0.05, 0.1) is 12.9 Å². The zero-order chi connectivity index (χ0) is 16.3. The Bertz CT molecular complexity index is 756. The van der Waals surface area contributed by atoms with Crippen LogP contribution < -0.4 is 5.73 Å². The van der Waals surface area contributed by atoms with Gasteiger partial charge in [0, 0.05) is 6.54 Å². The van der Waals surface area contributed by atoms with E-state index in [4.69, 9.17) is 31.9 Å². The number of fused-ring (bicyclic) bond motifs is 1. The summed E-state index contributed by atoms with van der Waals surface area (Å²) in [6.45, 7) is 2.25. The molecule has 22 heavy (non-hydrogen) atoms. The monoisotopic (exact) mass is 347 g/mol. The summed E-state index contributed by atoms with van der Waals surface area (Å²) in [6.07, 6.45) is 2.70. The van der Waals surface area contributed by atoms with Crippen molar-refractivity contribution in [3.63, 3.8) is 0 Å². The molecule has 2 rings (SSSR count). The van der Waals surface area contributed by atoms with Gasteiger partial charge in [-0.3, -0.25) is 4.57 Å². The SMILES string of the molecule is CC=C(COCP(=O)(O)O)Cn1cnc2c(Cl)nc(N)nc21. The van der Waals surface area contributed by atoms with E-state index in [0.29, 0.717) is 17.7 Å². The molecule has 4 N–H and O–H groups in total. The minimum Gasteiger partial charge on any atom is -0.368 e. The van der Waals surface area contributed by atoms with E-state index in [1.165, 1.54) is 6.33 Å². The van der Waals surface area contributed by atoms with Gasteiger partial charge in [-0.2, -0.15) is 9.97 Å². The van der Waals surface area contributed by atoms with E-state index >= 15 is 0 Å². The molecule has 0 aliphatic rings. The van der Waals surface area contributed by atoms with Crippen LogP contribution in [-0.2, 0) is 15.8 Å². The molecule has 0 bridgehead atoms. The van der Waals surface area contributed by atoms with Crippen molar-refractivity contribution in [1.29, 1.82) is 0 Å². The van der Waals surface area contributed by atoms with E-state index in [-0.39, 0.29) is 17.7 Å². The Morgan fingerprint density at radius 1 is 1.55 bits per heavy atom. The topological polar surface area (TPSA) is 136 Å². The van der Waals surface area contributed by atoms with Gasteiger partial charge in [0.1, 0.15) is 11.9 Å².